The Kier molecular flexibility index (Phi) is 7.77. The van der Waals surface area contributed by atoms with Gasteiger partial charge in [-0.25, -0.2) is 0 Å². The number of rotatable bonds is 8. The van der Waals surface area contributed by atoms with Gasteiger partial charge in [0.15, 0.2) is 0 Å². The molecule has 5 nitrogen and oxygen atoms in total. The molecule has 0 aliphatic carbocycles. The van der Waals surface area contributed by atoms with Crippen LogP contribution in [-0.2, 0) is 30.5 Å². The fraction of sp³-hybridized carbons (Fsp3) is 0.172. The minimum atomic E-state index is -4.44. The highest BCUT2D eigenvalue weighted by molar-refractivity contribution is 6.07. The van der Waals surface area contributed by atoms with E-state index in [0.717, 1.165) is 23.3 Å². The van der Waals surface area contributed by atoms with Crippen LogP contribution in [0.2, 0.25) is 0 Å². The molecular formula is C29H25F3N2O3. The molecular weight excluding hydrogens is 481 g/mol. The average molecular weight is 507 g/mol. The van der Waals surface area contributed by atoms with Gasteiger partial charge in [0.2, 0.25) is 5.91 Å². The third kappa shape index (κ3) is 6.67. The van der Waals surface area contributed by atoms with Gasteiger partial charge in [-0.1, -0.05) is 42.5 Å². The van der Waals surface area contributed by atoms with Crippen LogP contribution >= 0.6 is 0 Å². The first-order chi connectivity index (χ1) is 17.7. The molecule has 0 radical (unpaired) electrons. The summed E-state index contributed by atoms with van der Waals surface area (Å²) in [5.74, 6) is 0.195. The van der Waals surface area contributed by atoms with Crippen molar-refractivity contribution >= 4 is 17.5 Å². The number of benzene rings is 3. The fourth-order valence-electron chi connectivity index (χ4n) is 3.86. The molecule has 1 aromatic heterocycles. The van der Waals surface area contributed by atoms with Gasteiger partial charge in [0, 0.05) is 11.3 Å². The molecule has 1 heterocycles. The molecule has 0 unspecified atom stereocenters. The third-order valence-corrected chi connectivity index (χ3v) is 5.90. The smallest absolute Gasteiger partial charge is 0.416 e. The molecule has 1 N–H and O–H groups in total. The summed E-state index contributed by atoms with van der Waals surface area (Å²) in [5.41, 5.74) is 2.40. The molecule has 3 aromatic carbocycles. The van der Waals surface area contributed by atoms with Crippen molar-refractivity contribution in [3.63, 3.8) is 0 Å². The van der Waals surface area contributed by atoms with Gasteiger partial charge < -0.3 is 14.6 Å². The van der Waals surface area contributed by atoms with E-state index in [4.69, 9.17) is 4.42 Å². The van der Waals surface area contributed by atoms with Crippen LogP contribution in [0.25, 0.3) is 0 Å². The minimum absolute atomic E-state index is 0.0777. The summed E-state index contributed by atoms with van der Waals surface area (Å²) < 4.78 is 44.2. The molecule has 8 heteroatoms. The maximum absolute atomic E-state index is 13.5. The summed E-state index contributed by atoms with van der Waals surface area (Å²) in [4.78, 5) is 27.3. The van der Waals surface area contributed by atoms with E-state index >= 15 is 0 Å². The number of alkyl halides is 3. The van der Waals surface area contributed by atoms with E-state index in [-0.39, 0.29) is 31.3 Å². The van der Waals surface area contributed by atoms with Crippen molar-refractivity contribution in [2.75, 3.05) is 4.90 Å². The third-order valence-electron chi connectivity index (χ3n) is 5.90. The van der Waals surface area contributed by atoms with Crippen LogP contribution in [0, 0.1) is 6.92 Å². The zero-order chi connectivity index (χ0) is 26.4. The lowest BCUT2D eigenvalue weighted by Gasteiger charge is -2.24. The van der Waals surface area contributed by atoms with Gasteiger partial charge in [0.05, 0.1) is 31.3 Å². The number of hydrogen-bond donors (Lipinski definition) is 1. The lowest BCUT2D eigenvalue weighted by molar-refractivity contribution is -0.137. The normalized spacial score (nSPS) is 11.2. The standard InChI is InChI=1S/C29H25F3N2O3/c1-20-5-2-3-7-26(20)28(36)34(19-22-8-12-23(13-9-22)29(30,31)32)24-14-10-21(11-15-24)17-27(35)33-18-25-6-4-16-37-25/h2-16H,17-19H2,1H3,(H,33,35). The number of furan rings is 1. The van der Waals surface area contributed by atoms with E-state index in [2.05, 4.69) is 5.32 Å². The summed E-state index contributed by atoms with van der Waals surface area (Å²) in [6.45, 7) is 2.19. The fourth-order valence-corrected chi connectivity index (χ4v) is 3.86. The number of aryl methyl sites for hydroxylation is 1. The summed E-state index contributed by atoms with van der Waals surface area (Å²) in [6.07, 6.45) is -2.75. The van der Waals surface area contributed by atoms with Crippen LogP contribution in [-0.4, -0.2) is 11.8 Å². The molecule has 4 aromatic rings. The molecule has 0 aliphatic heterocycles. The van der Waals surface area contributed by atoms with Gasteiger partial charge in [-0.2, -0.15) is 13.2 Å². The second-order valence-corrected chi connectivity index (χ2v) is 8.60. The Bertz CT molecular complexity index is 1350. The van der Waals surface area contributed by atoms with Crippen molar-refractivity contribution in [3.8, 4) is 0 Å². The number of carbonyl (C=O) groups excluding carboxylic acids is 2. The number of carbonyl (C=O) groups is 2. The van der Waals surface area contributed by atoms with Crippen molar-refractivity contribution in [1.82, 2.24) is 5.32 Å². The summed E-state index contributed by atoms with van der Waals surface area (Å²) in [5, 5.41) is 2.79. The van der Waals surface area contributed by atoms with Crippen LogP contribution < -0.4 is 10.2 Å². The second-order valence-electron chi connectivity index (χ2n) is 8.60. The van der Waals surface area contributed by atoms with Gasteiger partial charge in [-0.15, -0.1) is 0 Å². The Morgan fingerprint density at radius 2 is 1.54 bits per heavy atom. The predicted molar refractivity (Wildman–Crippen MR) is 134 cm³/mol. The number of anilines is 1. The van der Waals surface area contributed by atoms with Crippen LogP contribution in [0.5, 0.6) is 0 Å². The maximum Gasteiger partial charge on any atom is 0.416 e. The first-order valence-corrected chi connectivity index (χ1v) is 11.6. The van der Waals surface area contributed by atoms with Gasteiger partial charge in [-0.3, -0.25) is 9.59 Å². The lowest BCUT2D eigenvalue weighted by atomic mass is 10.0. The molecule has 0 fully saturated rings. The molecule has 4 rings (SSSR count). The van der Waals surface area contributed by atoms with Crippen molar-refractivity contribution < 1.29 is 27.2 Å². The van der Waals surface area contributed by atoms with E-state index in [1.165, 1.54) is 23.3 Å². The van der Waals surface area contributed by atoms with Crippen molar-refractivity contribution in [3.05, 3.63) is 125 Å². The van der Waals surface area contributed by atoms with Crippen molar-refractivity contribution in [2.24, 2.45) is 0 Å². The molecule has 0 atom stereocenters. The highest BCUT2D eigenvalue weighted by Gasteiger charge is 2.30. The highest BCUT2D eigenvalue weighted by Crippen LogP contribution is 2.30. The molecule has 0 saturated heterocycles. The van der Waals surface area contributed by atoms with Crippen LogP contribution in [0.3, 0.4) is 0 Å². The van der Waals surface area contributed by atoms with E-state index in [1.807, 2.05) is 19.1 Å². The van der Waals surface area contributed by atoms with Crippen LogP contribution in [0.4, 0.5) is 18.9 Å². The summed E-state index contributed by atoms with van der Waals surface area (Å²) in [6, 6.07) is 22.4. The van der Waals surface area contributed by atoms with Gasteiger partial charge in [0.1, 0.15) is 5.76 Å². The highest BCUT2D eigenvalue weighted by atomic mass is 19.4. The maximum atomic E-state index is 13.5. The molecule has 37 heavy (non-hydrogen) atoms. The minimum Gasteiger partial charge on any atom is -0.467 e. The monoisotopic (exact) mass is 506 g/mol. The van der Waals surface area contributed by atoms with Crippen molar-refractivity contribution in [1.29, 1.82) is 0 Å². The Labute approximate surface area is 212 Å². The Morgan fingerprint density at radius 3 is 2.16 bits per heavy atom. The number of nitrogens with zero attached hydrogens (tertiary/aromatic N) is 1. The largest absolute Gasteiger partial charge is 0.467 e. The van der Waals surface area contributed by atoms with Gasteiger partial charge >= 0.3 is 6.18 Å². The Balaban J connectivity index is 1.53. The molecule has 0 aliphatic rings. The number of nitrogens with one attached hydrogen (secondary N) is 1. The quantitative estimate of drug-likeness (QED) is 0.305. The number of amides is 2. The van der Waals surface area contributed by atoms with Crippen LogP contribution in [0.1, 0.15) is 38.4 Å². The van der Waals surface area contributed by atoms with E-state index in [9.17, 15) is 22.8 Å². The van der Waals surface area contributed by atoms with E-state index in [0.29, 0.717) is 22.6 Å². The van der Waals surface area contributed by atoms with E-state index < -0.39 is 11.7 Å². The van der Waals surface area contributed by atoms with E-state index in [1.54, 1.807) is 48.5 Å². The van der Waals surface area contributed by atoms with Crippen LogP contribution in [0.15, 0.2) is 95.6 Å². The molecule has 0 saturated carbocycles. The lowest BCUT2D eigenvalue weighted by Crippen LogP contribution is -2.31. The average Bonchev–Trinajstić information content (AvgIpc) is 3.40. The molecule has 0 spiro atoms. The first-order valence-electron chi connectivity index (χ1n) is 11.6. The second kappa shape index (κ2) is 11.2. The summed E-state index contributed by atoms with van der Waals surface area (Å²) in [7, 11) is 0. The molecule has 0 bridgehead atoms. The first kappa shape index (κ1) is 25.8. The Hall–Kier alpha value is -4.33. The SMILES string of the molecule is Cc1ccccc1C(=O)N(Cc1ccc(C(F)(F)F)cc1)c1ccc(CC(=O)NCc2ccco2)cc1. The number of halogens is 3. The summed E-state index contributed by atoms with van der Waals surface area (Å²) >= 11 is 0. The topological polar surface area (TPSA) is 62.6 Å². The Morgan fingerprint density at radius 1 is 0.865 bits per heavy atom. The zero-order valence-corrected chi connectivity index (χ0v) is 20.1. The predicted octanol–water partition coefficient (Wildman–Crippen LogP) is 6.31. The number of hydrogen-bond acceptors (Lipinski definition) is 3. The zero-order valence-electron chi connectivity index (χ0n) is 20.1. The van der Waals surface area contributed by atoms with Gasteiger partial charge in [-0.05, 0) is 66.1 Å². The van der Waals surface area contributed by atoms with Crippen molar-refractivity contribution in [2.45, 2.75) is 32.6 Å². The molecule has 190 valence electrons. The molecule has 2 amide bonds. The van der Waals surface area contributed by atoms with Gasteiger partial charge in [0.25, 0.3) is 5.91 Å².